The van der Waals surface area contributed by atoms with Gasteiger partial charge in [0.15, 0.2) is 0 Å². The number of aliphatic hydroxyl groups is 4. The van der Waals surface area contributed by atoms with Crippen molar-refractivity contribution in [3.8, 4) is 0 Å². The van der Waals surface area contributed by atoms with Gasteiger partial charge in [0.1, 0.15) is 24.4 Å². The normalized spacial score (nSPS) is 35.3. The van der Waals surface area contributed by atoms with Gasteiger partial charge >= 0.3 is 0 Å². The van der Waals surface area contributed by atoms with E-state index >= 15 is 0 Å². The van der Waals surface area contributed by atoms with Crippen molar-refractivity contribution in [2.24, 2.45) is 0 Å². The average molecular weight is 268 g/mol. The lowest BCUT2D eigenvalue weighted by Crippen LogP contribution is -2.59. The minimum atomic E-state index is -1.30. The third kappa shape index (κ3) is 3.13. The zero-order valence-electron chi connectivity index (χ0n) is 10.8. The minimum Gasteiger partial charge on any atom is -0.394 e. The van der Waals surface area contributed by atoms with Crippen LogP contribution in [0.15, 0.2) is 24.3 Å². The topological polar surface area (TPSA) is 90.2 Å². The molecule has 5 atom stereocenters. The zero-order valence-corrected chi connectivity index (χ0v) is 10.8. The van der Waals surface area contributed by atoms with Crippen molar-refractivity contribution in [3.05, 3.63) is 35.4 Å². The molecule has 19 heavy (non-hydrogen) atoms. The van der Waals surface area contributed by atoms with Crippen LogP contribution >= 0.6 is 0 Å². The van der Waals surface area contributed by atoms with Crippen LogP contribution in [0, 0.1) is 6.92 Å². The molecule has 0 radical (unpaired) electrons. The highest BCUT2D eigenvalue weighted by molar-refractivity contribution is 5.23. The Labute approximate surface area is 112 Å². The summed E-state index contributed by atoms with van der Waals surface area (Å²) in [4.78, 5) is 0. The van der Waals surface area contributed by atoms with Crippen molar-refractivity contribution >= 4 is 0 Å². The molecule has 1 heterocycles. The van der Waals surface area contributed by atoms with Crippen LogP contribution in [0.4, 0.5) is 0 Å². The monoisotopic (exact) mass is 268 g/mol. The molecule has 0 aliphatic carbocycles. The van der Waals surface area contributed by atoms with Gasteiger partial charge in [-0.25, -0.2) is 0 Å². The summed E-state index contributed by atoms with van der Waals surface area (Å²) in [6.07, 6.45) is -4.83. The van der Waals surface area contributed by atoms with Crippen LogP contribution in [0.5, 0.6) is 0 Å². The molecule has 106 valence electrons. The molecule has 1 aromatic rings. The smallest absolute Gasteiger partial charge is 0.111 e. The zero-order chi connectivity index (χ0) is 14.0. The Hall–Kier alpha value is -0.980. The first-order valence-electron chi connectivity index (χ1n) is 6.39. The number of ether oxygens (including phenoxy) is 1. The molecule has 1 aromatic carbocycles. The lowest BCUT2D eigenvalue weighted by Gasteiger charge is -2.40. The molecular weight excluding hydrogens is 248 g/mol. The second kappa shape index (κ2) is 5.98. The first kappa shape index (κ1) is 14.4. The molecule has 0 amide bonds. The number of hydrogen-bond acceptors (Lipinski definition) is 5. The van der Waals surface area contributed by atoms with Gasteiger partial charge in [0.25, 0.3) is 0 Å². The van der Waals surface area contributed by atoms with Gasteiger partial charge in [0.2, 0.25) is 0 Å². The summed E-state index contributed by atoms with van der Waals surface area (Å²) in [5, 5.41) is 38.5. The van der Waals surface area contributed by atoms with Gasteiger partial charge in [-0.1, -0.05) is 29.8 Å². The molecule has 0 spiro atoms. The van der Waals surface area contributed by atoms with Gasteiger partial charge in [-0.3, -0.25) is 0 Å². The Bertz CT molecular complexity index is 420. The Balaban J connectivity index is 2.10. The summed E-state index contributed by atoms with van der Waals surface area (Å²) >= 11 is 0. The van der Waals surface area contributed by atoms with Crippen molar-refractivity contribution < 1.29 is 25.2 Å². The molecule has 0 saturated carbocycles. The van der Waals surface area contributed by atoms with E-state index in [1.807, 2.05) is 31.2 Å². The van der Waals surface area contributed by atoms with Gasteiger partial charge in [-0.2, -0.15) is 0 Å². The van der Waals surface area contributed by atoms with Gasteiger partial charge in [-0.15, -0.1) is 0 Å². The van der Waals surface area contributed by atoms with E-state index in [0.29, 0.717) is 6.42 Å². The van der Waals surface area contributed by atoms with Crippen LogP contribution in [0.2, 0.25) is 0 Å². The van der Waals surface area contributed by atoms with E-state index in [1.54, 1.807) is 0 Å². The molecule has 0 unspecified atom stereocenters. The molecule has 4 N–H and O–H groups in total. The second-order valence-corrected chi connectivity index (χ2v) is 5.06. The Morgan fingerprint density at radius 1 is 1.05 bits per heavy atom. The summed E-state index contributed by atoms with van der Waals surface area (Å²) < 4.78 is 5.46. The molecule has 5 heteroatoms. The molecule has 0 bridgehead atoms. The van der Waals surface area contributed by atoms with Gasteiger partial charge in [0.05, 0.1) is 12.7 Å². The highest BCUT2D eigenvalue weighted by atomic mass is 16.5. The van der Waals surface area contributed by atoms with E-state index in [2.05, 4.69) is 0 Å². The SMILES string of the molecule is Cc1cccc(C[C@@H]2O[C@H](CO)[C@@H](O)[C@H](O)[C@H]2O)c1. The van der Waals surface area contributed by atoms with E-state index < -0.39 is 37.1 Å². The number of aliphatic hydroxyl groups excluding tert-OH is 4. The maximum atomic E-state index is 9.94. The van der Waals surface area contributed by atoms with E-state index in [1.165, 1.54) is 0 Å². The fraction of sp³-hybridized carbons (Fsp3) is 0.571. The summed E-state index contributed by atoms with van der Waals surface area (Å²) in [5.41, 5.74) is 2.08. The maximum absolute atomic E-state index is 9.94. The Morgan fingerprint density at radius 2 is 1.74 bits per heavy atom. The van der Waals surface area contributed by atoms with E-state index in [0.717, 1.165) is 11.1 Å². The number of rotatable bonds is 3. The van der Waals surface area contributed by atoms with E-state index in [9.17, 15) is 15.3 Å². The predicted octanol–water partition coefficient (Wildman–Crippen LogP) is -0.620. The number of aryl methyl sites for hydroxylation is 1. The van der Waals surface area contributed by atoms with E-state index in [4.69, 9.17) is 9.84 Å². The average Bonchev–Trinajstić information content (AvgIpc) is 2.39. The molecule has 0 aromatic heterocycles. The quantitative estimate of drug-likeness (QED) is 0.586. The first-order chi connectivity index (χ1) is 9.02. The van der Waals surface area contributed by atoms with Crippen LogP contribution in [0.25, 0.3) is 0 Å². The third-order valence-corrected chi connectivity index (χ3v) is 3.51. The van der Waals surface area contributed by atoms with Crippen molar-refractivity contribution in [2.45, 2.75) is 43.9 Å². The standard InChI is InChI=1S/C14H20O5/c1-8-3-2-4-9(5-8)6-10-12(16)14(18)13(17)11(7-15)19-10/h2-5,10-18H,6-7H2,1H3/t10-,11+,12-,13+,14+/m0/s1. The van der Waals surface area contributed by atoms with Crippen molar-refractivity contribution in [1.82, 2.24) is 0 Å². The van der Waals surface area contributed by atoms with Crippen molar-refractivity contribution in [3.63, 3.8) is 0 Å². The molecule has 1 saturated heterocycles. The van der Waals surface area contributed by atoms with Gasteiger partial charge in [-0.05, 0) is 12.5 Å². The highest BCUT2D eigenvalue weighted by Gasteiger charge is 2.43. The lowest BCUT2D eigenvalue weighted by molar-refractivity contribution is -0.228. The lowest BCUT2D eigenvalue weighted by atomic mass is 9.91. The summed E-state index contributed by atoms with van der Waals surface area (Å²) in [6.45, 7) is 1.58. The maximum Gasteiger partial charge on any atom is 0.111 e. The van der Waals surface area contributed by atoms with E-state index in [-0.39, 0.29) is 0 Å². The van der Waals surface area contributed by atoms with Gasteiger partial charge < -0.3 is 25.2 Å². The third-order valence-electron chi connectivity index (χ3n) is 3.51. The molecule has 1 fully saturated rings. The molecule has 2 rings (SSSR count). The molecule has 1 aliphatic rings. The Morgan fingerprint density at radius 3 is 2.37 bits per heavy atom. The van der Waals surface area contributed by atoms with Crippen LogP contribution in [0.3, 0.4) is 0 Å². The predicted molar refractivity (Wildman–Crippen MR) is 68.7 cm³/mol. The van der Waals surface area contributed by atoms with Crippen molar-refractivity contribution in [1.29, 1.82) is 0 Å². The van der Waals surface area contributed by atoms with Crippen molar-refractivity contribution in [2.75, 3.05) is 6.61 Å². The summed E-state index contributed by atoms with van der Waals surface area (Å²) in [5.74, 6) is 0. The number of hydrogen-bond donors (Lipinski definition) is 4. The molecule has 5 nitrogen and oxygen atoms in total. The highest BCUT2D eigenvalue weighted by Crippen LogP contribution is 2.24. The first-order valence-corrected chi connectivity index (χ1v) is 6.39. The summed E-state index contributed by atoms with van der Waals surface area (Å²) in [7, 11) is 0. The number of benzene rings is 1. The van der Waals surface area contributed by atoms with Crippen LogP contribution in [0.1, 0.15) is 11.1 Å². The molecule has 1 aliphatic heterocycles. The summed E-state index contributed by atoms with van der Waals surface area (Å²) in [6, 6.07) is 7.77. The fourth-order valence-electron chi connectivity index (χ4n) is 2.42. The minimum absolute atomic E-state index is 0.394. The fourth-order valence-corrected chi connectivity index (χ4v) is 2.42. The second-order valence-electron chi connectivity index (χ2n) is 5.06. The molecular formula is C14H20O5. The van der Waals surface area contributed by atoms with Crippen LogP contribution < -0.4 is 0 Å². The van der Waals surface area contributed by atoms with Gasteiger partial charge in [0, 0.05) is 6.42 Å². The Kier molecular flexibility index (Phi) is 4.54. The largest absolute Gasteiger partial charge is 0.394 e. The van der Waals surface area contributed by atoms with Crippen LogP contribution in [-0.2, 0) is 11.2 Å². The van der Waals surface area contributed by atoms with Crippen LogP contribution in [-0.4, -0.2) is 57.6 Å².